The zero-order valence-corrected chi connectivity index (χ0v) is 29.0. The molecule has 0 spiro atoms. The molecule has 1 N–H and O–H groups in total. The van der Waals surface area contributed by atoms with E-state index in [9.17, 15) is 17.6 Å². The number of hydrogen-bond donors (Lipinski definition) is 1. The molecule has 0 unspecified atom stereocenters. The molecule has 1 aromatic carbocycles. The number of aromatic nitrogens is 4. The largest absolute Gasteiger partial charge is 0.444 e. The average Bonchev–Trinajstić information content (AvgIpc) is 3.70. The minimum absolute atomic E-state index is 0.00141. The highest BCUT2D eigenvalue weighted by Gasteiger charge is 2.33. The van der Waals surface area contributed by atoms with Crippen LogP contribution in [-0.4, -0.2) is 94.0 Å². The van der Waals surface area contributed by atoms with Crippen molar-refractivity contribution in [3.63, 3.8) is 0 Å². The molecule has 2 saturated heterocycles. The third-order valence-electron chi connectivity index (χ3n) is 8.26. The molecule has 2 fully saturated rings. The lowest BCUT2D eigenvalue weighted by Gasteiger charge is -2.41. The van der Waals surface area contributed by atoms with Crippen molar-refractivity contribution >= 4 is 39.3 Å². The van der Waals surface area contributed by atoms with E-state index < -0.39 is 27.8 Å². The molecule has 2 aliphatic heterocycles. The molecule has 0 saturated carbocycles. The number of alkyl halides is 1. The zero-order chi connectivity index (χ0) is 35.1. The number of benzene rings is 1. The Balaban J connectivity index is 1.29. The van der Waals surface area contributed by atoms with Crippen molar-refractivity contribution in [2.24, 2.45) is 0 Å². The van der Waals surface area contributed by atoms with Crippen LogP contribution in [0.3, 0.4) is 0 Å². The van der Waals surface area contributed by atoms with Crippen molar-refractivity contribution in [2.45, 2.75) is 51.9 Å². The second-order valence-electron chi connectivity index (χ2n) is 13.1. The highest BCUT2D eigenvalue weighted by atomic mass is 35.5. The maximum absolute atomic E-state index is 16.2. The number of carbonyl (C=O) groups excluding carboxylic acids is 1. The van der Waals surface area contributed by atoms with E-state index in [0.717, 1.165) is 9.99 Å². The number of amides is 1. The summed E-state index contributed by atoms with van der Waals surface area (Å²) in [6.45, 7) is 8.85. The Bertz CT molecular complexity index is 1940. The van der Waals surface area contributed by atoms with E-state index in [-0.39, 0.29) is 47.9 Å². The summed E-state index contributed by atoms with van der Waals surface area (Å²) >= 11 is 6.40. The fraction of sp³-hybridized carbons (Fsp3) is 0.394. The van der Waals surface area contributed by atoms with Crippen LogP contribution in [0.1, 0.15) is 34.1 Å². The van der Waals surface area contributed by atoms with Gasteiger partial charge in [-0.15, -0.1) is 0 Å². The van der Waals surface area contributed by atoms with Gasteiger partial charge in [-0.2, -0.15) is 17.8 Å². The first-order valence-corrected chi connectivity index (χ1v) is 17.6. The monoisotopic (exact) mass is 714 g/mol. The number of nitrogens with one attached hydrogen (secondary N) is 1. The Morgan fingerprint density at radius 2 is 1.82 bits per heavy atom. The minimum atomic E-state index is -4.24. The van der Waals surface area contributed by atoms with Gasteiger partial charge in [-0.25, -0.2) is 23.2 Å². The normalized spacial score (nSPS) is 18.9. The molecule has 2 atom stereocenters. The Hall–Kier alpha value is -4.34. The Morgan fingerprint density at radius 1 is 1.06 bits per heavy atom. The summed E-state index contributed by atoms with van der Waals surface area (Å²) in [5, 5.41) is 4.82. The molecular weight excluding hydrogens is 678 g/mol. The lowest BCUT2D eigenvalue weighted by Crippen LogP contribution is -2.55. The van der Waals surface area contributed by atoms with Crippen molar-refractivity contribution in [2.75, 3.05) is 42.3 Å². The number of piperazine rings is 1. The lowest BCUT2D eigenvalue weighted by atomic mass is 10.0. The van der Waals surface area contributed by atoms with Gasteiger partial charge in [0.1, 0.15) is 17.5 Å². The predicted octanol–water partition coefficient (Wildman–Crippen LogP) is 5.93. The molecule has 3 aromatic heterocycles. The van der Waals surface area contributed by atoms with Gasteiger partial charge in [-0.3, -0.25) is 9.71 Å². The Kier molecular flexibility index (Phi) is 9.52. The number of ether oxygens (including phenoxy) is 1. The number of halogens is 3. The highest BCUT2D eigenvalue weighted by molar-refractivity contribution is 7.90. The second-order valence-corrected chi connectivity index (χ2v) is 15.2. The quantitative estimate of drug-likeness (QED) is 0.250. The molecule has 2 aliphatic rings. The summed E-state index contributed by atoms with van der Waals surface area (Å²) < 4.78 is 66.2. The zero-order valence-electron chi connectivity index (χ0n) is 27.5. The predicted molar refractivity (Wildman–Crippen MR) is 183 cm³/mol. The van der Waals surface area contributed by atoms with Crippen LogP contribution in [0.15, 0.2) is 61.2 Å². The van der Waals surface area contributed by atoms with Crippen LogP contribution in [0.2, 0.25) is 5.02 Å². The van der Waals surface area contributed by atoms with Gasteiger partial charge in [0.25, 0.3) is 0 Å². The van der Waals surface area contributed by atoms with Crippen LogP contribution < -0.4 is 9.62 Å². The molecule has 260 valence electrons. The van der Waals surface area contributed by atoms with Crippen LogP contribution in [0.5, 0.6) is 0 Å². The third-order valence-corrected chi connectivity index (χ3v) is 9.96. The van der Waals surface area contributed by atoms with Gasteiger partial charge in [0.15, 0.2) is 11.6 Å². The van der Waals surface area contributed by atoms with Crippen molar-refractivity contribution in [1.29, 1.82) is 0 Å². The molecule has 1 amide bonds. The summed E-state index contributed by atoms with van der Waals surface area (Å²) in [7, 11) is -4.24. The first kappa shape index (κ1) is 34.5. The van der Waals surface area contributed by atoms with E-state index in [1.165, 1.54) is 16.8 Å². The molecule has 6 rings (SSSR count). The van der Waals surface area contributed by atoms with Gasteiger partial charge < -0.3 is 14.5 Å². The smallest absolute Gasteiger partial charge is 0.410 e. The number of anilines is 2. The number of carbonyl (C=O) groups is 1. The fourth-order valence-electron chi connectivity index (χ4n) is 5.87. The standard InChI is InChI=1S/C33H37ClF2N8O4S/c1-21-18-41(13-14-43(21)32(45)48-33(2,3)4)25-5-6-29(38-17-25)44-20-27(31(39-44)22-7-10-37-11-8-22)26-15-23(34)16-28(30(26)36)40-49(46,47)42-12-9-24(35)19-42/h5-8,10-11,15-17,20-21,24,40H,9,12-14,18-19H2,1-4H3/t21-,24-/m1/s1. The summed E-state index contributed by atoms with van der Waals surface area (Å²) in [6, 6.07) is 9.61. The lowest BCUT2D eigenvalue weighted by molar-refractivity contribution is 0.0159. The molecule has 49 heavy (non-hydrogen) atoms. The van der Waals surface area contributed by atoms with E-state index in [1.807, 2.05) is 33.8 Å². The van der Waals surface area contributed by atoms with Crippen molar-refractivity contribution in [3.05, 3.63) is 72.0 Å². The van der Waals surface area contributed by atoms with Gasteiger partial charge in [0.2, 0.25) is 0 Å². The molecule has 0 bridgehead atoms. The number of hydrogen-bond acceptors (Lipinski definition) is 8. The molecule has 0 radical (unpaired) electrons. The second kappa shape index (κ2) is 13.5. The third kappa shape index (κ3) is 7.63. The summed E-state index contributed by atoms with van der Waals surface area (Å²) in [6.07, 6.45) is 4.91. The van der Waals surface area contributed by atoms with Crippen LogP contribution in [0.4, 0.5) is 25.0 Å². The molecule has 5 heterocycles. The first-order chi connectivity index (χ1) is 23.2. The SMILES string of the molecule is C[C@@H]1CN(c2ccc(-n3cc(-c4cc(Cl)cc(NS(=O)(=O)N5CC[C@@H](F)C5)c4F)c(-c4ccncc4)n3)nc2)CCN1C(=O)OC(C)(C)C. The summed E-state index contributed by atoms with van der Waals surface area (Å²) in [5.41, 5.74) is 1.25. The van der Waals surface area contributed by atoms with Crippen LogP contribution in [-0.2, 0) is 14.9 Å². The van der Waals surface area contributed by atoms with Crippen molar-refractivity contribution < 1.29 is 26.7 Å². The van der Waals surface area contributed by atoms with Gasteiger partial charge >= 0.3 is 16.3 Å². The summed E-state index contributed by atoms with van der Waals surface area (Å²) in [5.74, 6) is -0.425. The van der Waals surface area contributed by atoms with Gasteiger partial charge in [-0.1, -0.05) is 11.6 Å². The topological polar surface area (TPSA) is 126 Å². The molecule has 4 aromatic rings. The van der Waals surface area contributed by atoms with Gasteiger partial charge in [0, 0.05) is 79.1 Å². The average molecular weight is 715 g/mol. The molecular formula is C33H37ClF2N8O4S. The number of rotatable bonds is 7. The molecule has 12 nitrogen and oxygen atoms in total. The van der Waals surface area contributed by atoms with E-state index in [1.54, 1.807) is 47.9 Å². The van der Waals surface area contributed by atoms with Crippen molar-refractivity contribution in [3.8, 4) is 28.2 Å². The van der Waals surface area contributed by atoms with Gasteiger partial charge in [-0.05, 0) is 70.5 Å². The number of pyridine rings is 2. The summed E-state index contributed by atoms with van der Waals surface area (Å²) in [4.78, 5) is 25.3. The van der Waals surface area contributed by atoms with E-state index in [0.29, 0.717) is 42.3 Å². The van der Waals surface area contributed by atoms with Gasteiger partial charge in [0.05, 0.1) is 17.6 Å². The number of nitrogens with zero attached hydrogens (tertiary/aromatic N) is 7. The van der Waals surface area contributed by atoms with E-state index in [2.05, 4.69) is 19.6 Å². The molecule has 0 aliphatic carbocycles. The van der Waals surface area contributed by atoms with Crippen LogP contribution in [0, 0.1) is 5.82 Å². The first-order valence-electron chi connectivity index (χ1n) is 15.8. The highest BCUT2D eigenvalue weighted by Crippen LogP contribution is 2.38. The maximum Gasteiger partial charge on any atom is 0.410 e. The Morgan fingerprint density at radius 3 is 2.45 bits per heavy atom. The molecule has 16 heteroatoms. The maximum atomic E-state index is 16.2. The van der Waals surface area contributed by atoms with E-state index >= 15 is 4.39 Å². The van der Waals surface area contributed by atoms with Crippen LogP contribution in [0.25, 0.3) is 28.2 Å². The van der Waals surface area contributed by atoms with Crippen molar-refractivity contribution in [1.82, 2.24) is 29.0 Å². The fourth-order valence-corrected chi connectivity index (χ4v) is 7.34. The Labute approximate surface area is 288 Å². The van der Waals surface area contributed by atoms with Crippen LogP contribution >= 0.6 is 11.6 Å². The minimum Gasteiger partial charge on any atom is -0.444 e. The van der Waals surface area contributed by atoms with E-state index in [4.69, 9.17) is 21.4 Å².